The van der Waals surface area contributed by atoms with Crippen LogP contribution in [-0.4, -0.2) is 21.1 Å². The molecule has 4 rings (SSSR count). The van der Waals surface area contributed by atoms with Gasteiger partial charge in [-0.2, -0.15) is 0 Å². The molecule has 0 spiro atoms. The number of hydrogen-bond acceptors (Lipinski definition) is 6. The Bertz CT molecular complexity index is 1280. The Kier molecular flexibility index (Phi) is 6.65. The number of oxazole rings is 1. The van der Waals surface area contributed by atoms with Crippen LogP contribution in [0.5, 0.6) is 5.75 Å². The predicted molar refractivity (Wildman–Crippen MR) is 128 cm³/mol. The number of rotatable bonds is 8. The van der Waals surface area contributed by atoms with Gasteiger partial charge in [0.05, 0.1) is 23.2 Å². The average Bonchev–Trinajstić information content (AvgIpc) is 3.15. The standard InChI is InChI=1S/C25H27N3O3S/c1-5-30-19-12-10-18(11-13-19)23-26-22(17(4)31-23)15-32-25-27-21-9-7-6-8-20(21)24(29)28(25)14-16(2)3/h6-13,16H,5,14-15H2,1-4H3. The summed E-state index contributed by atoms with van der Waals surface area (Å²) in [7, 11) is 0. The number of benzene rings is 2. The highest BCUT2D eigenvalue weighted by Gasteiger charge is 2.16. The van der Waals surface area contributed by atoms with E-state index in [1.807, 2.05) is 62.4 Å². The van der Waals surface area contributed by atoms with Gasteiger partial charge < -0.3 is 9.15 Å². The zero-order valence-electron chi connectivity index (χ0n) is 18.8. The lowest BCUT2D eigenvalue weighted by Gasteiger charge is -2.14. The number of para-hydroxylation sites is 1. The SMILES string of the molecule is CCOc1ccc(-c2nc(CSc3nc4ccccc4c(=O)n3CC(C)C)c(C)o2)cc1. The first-order valence-electron chi connectivity index (χ1n) is 10.8. The van der Waals surface area contributed by atoms with Gasteiger partial charge in [-0.1, -0.05) is 37.7 Å². The molecule has 0 aliphatic heterocycles. The highest BCUT2D eigenvalue weighted by atomic mass is 32.2. The van der Waals surface area contributed by atoms with Gasteiger partial charge in [-0.05, 0) is 56.2 Å². The zero-order chi connectivity index (χ0) is 22.7. The van der Waals surface area contributed by atoms with Crippen LogP contribution < -0.4 is 10.3 Å². The summed E-state index contributed by atoms with van der Waals surface area (Å²) in [6, 6.07) is 15.2. The summed E-state index contributed by atoms with van der Waals surface area (Å²) < 4.78 is 13.2. The number of aromatic nitrogens is 3. The number of thioether (sulfide) groups is 1. The van der Waals surface area contributed by atoms with Crippen LogP contribution in [0.1, 0.15) is 32.2 Å². The first-order valence-corrected chi connectivity index (χ1v) is 11.8. The normalized spacial score (nSPS) is 11.4. The molecule has 2 heterocycles. The van der Waals surface area contributed by atoms with Crippen LogP contribution in [-0.2, 0) is 12.3 Å². The smallest absolute Gasteiger partial charge is 0.262 e. The first kappa shape index (κ1) is 22.1. The van der Waals surface area contributed by atoms with E-state index in [0.717, 1.165) is 22.8 Å². The number of aryl methyl sites for hydroxylation is 1. The number of fused-ring (bicyclic) bond motifs is 1. The van der Waals surface area contributed by atoms with Crippen LogP contribution in [0.15, 0.2) is 62.9 Å². The second-order valence-electron chi connectivity index (χ2n) is 7.99. The predicted octanol–water partition coefficient (Wildman–Crippen LogP) is 5.71. The largest absolute Gasteiger partial charge is 0.494 e. The van der Waals surface area contributed by atoms with Crippen molar-refractivity contribution in [2.45, 2.75) is 45.1 Å². The lowest BCUT2D eigenvalue weighted by Crippen LogP contribution is -2.25. The Morgan fingerprint density at radius 3 is 2.56 bits per heavy atom. The van der Waals surface area contributed by atoms with Crippen molar-refractivity contribution >= 4 is 22.7 Å². The molecule has 6 nitrogen and oxygen atoms in total. The molecule has 0 fully saturated rings. The van der Waals surface area contributed by atoms with Crippen LogP contribution in [0, 0.1) is 12.8 Å². The Labute approximate surface area is 191 Å². The van der Waals surface area contributed by atoms with E-state index in [-0.39, 0.29) is 5.56 Å². The third-order valence-corrected chi connectivity index (χ3v) is 6.00. The highest BCUT2D eigenvalue weighted by molar-refractivity contribution is 7.98. The molecule has 32 heavy (non-hydrogen) atoms. The van der Waals surface area contributed by atoms with Crippen LogP contribution in [0.2, 0.25) is 0 Å². The second-order valence-corrected chi connectivity index (χ2v) is 8.93. The molecule has 2 aromatic heterocycles. The molecule has 0 unspecified atom stereocenters. The lowest BCUT2D eigenvalue weighted by molar-refractivity contribution is 0.340. The van der Waals surface area contributed by atoms with Gasteiger partial charge in [0.1, 0.15) is 11.5 Å². The molecule has 4 aromatic rings. The summed E-state index contributed by atoms with van der Waals surface area (Å²) in [5, 5.41) is 1.35. The molecule has 0 bridgehead atoms. The van der Waals surface area contributed by atoms with Crippen molar-refractivity contribution in [2.24, 2.45) is 5.92 Å². The fraction of sp³-hybridized carbons (Fsp3) is 0.320. The lowest BCUT2D eigenvalue weighted by atomic mass is 10.2. The van der Waals surface area contributed by atoms with Gasteiger partial charge in [0.15, 0.2) is 5.16 Å². The van der Waals surface area contributed by atoms with E-state index in [1.54, 1.807) is 4.57 Å². The van der Waals surface area contributed by atoms with E-state index < -0.39 is 0 Å². The maximum atomic E-state index is 13.1. The molecule has 0 saturated heterocycles. The fourth-order valence-corrected chi connectivity index (χ4v) is 4.47. The van der Waals surface area contributed by atoms with Gasteiger partial charge in [-0.25, -0.2) is 9.97 Å². The summed E-state index contributed by atoms with van der Waals surface area (Å²) in [6.07, 6.45) is 0. The molecular formula is C25H27N3O3S. The van der Waals surface area contributed by atoms with Crippen molar-refractivity contribution in [3.05, 3.63) is 70.3 Å². The Morgan fingerprint density at radius 2 is 1.84 bits per heavy atom. The van der Waals surface area contributed by atoms with Crippen molar-refractivity contribution < 1.29 is 9.15 Å². The Hall–Kier alpha value is -3.06. The Morgan fingerprint density at radius 1 is 1.09 bits per heavy atom. The minimum atomic E-state index is -0.00116. The third-order valence-electron chi connectivity index (χ3n) is 5.02. The molecule has 0 saturated carbocycles. The van der Waals surface area contributed by atoms with Crippen LogP contribution >= 0.6 is 11.8 Å². The molecule has 166 valence electrons. The van der Waals surface area contributed by atoms with Crippen molar-refractivity contribution in [2.75, 3.05) is 6.61 Å². The Balaban J connectivity index is 1.60. The van der Waals surface area contributed by atoms with Crippen molar-refractivity contribution in [3.8, 4) is 17.2 Å². The number of ether oxygens (including phenoxy) is 1. The van der Waals surface area contributed by atoms with Gasteiger partial charge in [0, 0.05) is 17.9 Å². The van der Waals surface area contributed by atoms with Crippen molar-refractivity contribution in [1.82, 2.24) is 14.5 Å². The van der Waals surface area contributed by atoms with Crippen molar-refractivity contribution in [1.29, 1.82) is 0 Å². The molecule has 0 N–H and O–H groups in total. The summed E-state index contributed by atoms with van der Waals surface area (Å²) in [5.74, 6) is 3.05. The maximum Gasteiger partial charge on any atom is 0.262 e. The number of hydrogen-bond donors (Lipinski definition) is 0. The van der Waals surface area contributed by atoms with Crippen LogP contribution in [0.4, 0.5) is 0 Å². The van der Waals surface area contributed by atoms with E-state index in [2.05, 4.69) is 13.8 Å². The minimum absolute atomic E-state index is 0.00116. The van der Waals surface area contributed by atoms with Crippen LogP contribution in [0.25, 0.3) is 22.4 Å². The second kappa shape index (κ2) is 9.61. The van der Waals surface area contributed by atoms with E-state index in [9.17, 15) is 4.79 Å². The van der Waals surface area contributed by atoms with Crippen LogP contribution in [0.3, 0.4) is 0 Å². The van der Waals surface area contributed by atoms with Gasteiger partial charge in [0.2, 0.25) is 5.89 Å². The molecule has 0 atom stereocenters. The van der Waals surface area contributed by atoms with Gasteiger partial charge in [-0.3, -0.25) is 9.36 Å². The molecule has 0 aliphatic rings. The summed E-state index contributed by atoms with van der Waals surface area (Å²) in [4.78, 5) is 22.6. The summed E-state index contributed by atoms with van der Waals surface area (Å²) in [5.41, 5.74) is 2.46. The average molecular weight is 450 g/mol. The highest BCUT2D eigenvalue weighted by Crippen LogP contribution is 2.28. The fourth-order valence-electron chi connectivity index (χ4n) is 3.46. The van der Waals surface area contributed by atoms with E-state index in [1.165, 1.54) is 11.8 Å². The van der Waals surface area contributed by atoms with E-state index in [4.69, 9.17) is 19.1 Å². The third kappa shape index (κ3) is 4.72. The molecule has 0 aliphatic carbocycles. The topological polar surface area (TPSA) is 70.2 Å². The van der Waals surface area contributed by atoms with Gasteiger partial charge in [-0.15, -0.1) is 0 Å². The summed E-state index contributed by atoms with van der Waals surface area (Å²) >= 11 is 1.51. The monoisotopic (exact) mass is 449 g/mol. The molecule has 0 amide bonds. The molecule has 2 aromatic carbocycles. The maximum absolute atomic E-state index is 13.1. The minimum Gasteiger partial charge on any atom is -0.494 e. The van der Waals surface area contributed by atoms with Gasteiger partial charge >= 0.3 is 0 Å². The van der Waals surface area contributed by atoms with Gasteiger partial charge in [0.25, 0.3) is 5.56 Å². The molecule has 7 heteroatoms. The van der Waals surface area contributed by atoms with E-state index >= 15 is 0 Å². The quantitative estimate of drug-likeness (QED) is 0.254. The first-order chi connectivity index (χ1) is 15.5. The molecular weight excluding hydrogens is 422 g/mol. The van der Waals surface area contributed by atoms with E-state index in [0.29, 0.717) is 46.8 Å². The summed E-state index contributed by atoms with van der Waals surface area (Å²) in [6.45, 7) is 9.32. The number of nitrogens with zero attached hydrogens (tertiary/aromatic N) is 3. The van der Waals surface area contributed by atoms with Crippen molar-refractivity contribution in [3.63, 3.8) is 0 Å². The zero-order valence-corrected chi connectivity index (χ0v) is 19.6. The molecule has 0 radical (unpaired) electrons.